The Kier molecular flexibility index (Phi) is 4.66. The number of fused-ring (bicyclic) bond motifs is 2. The first-order valence-electron chi connectivity index (χ1n) is 11.1. The van der Waals surface area contributed by atoms with E-state index in [0.717, 1.165) is 40.0 Å². The van der Waals surface area contributed by atoms with Crippen molar-refractivity contribution in [3.8, 4) is 0 Å². The maximum Gasteiger partial charge on any atom is 0.145 e. The van der Waals surface area contributed by atoms with Crippen LogP contribution in [0.3, 0.4) is 0 Å². The van der Waals surface area contributed by atoms with Crippen LogP contribution in [0.25, 0.3) is 21.9 Å². The molecule has 3 heterocycles. The molecule has 1 spiro atoms. The van der Waals surface area contributed by atoms with E-state index in [0.29, 0.717) is 29.6 Å². The number of hydrogen-bond donors (Lipinski definition) is 4. The number of aliphatic hydroxyl groups excluding tert-OH is 2. The van der Waals surface area contributed by atoms with Gasteiger partial charge in [0, 0.05) is 17.0 Å². The van der Waals surface area contributed by atoms with E-state index >= 15 is 0 Å². The minimum atomic E-state index is -0.843. The van der Waals surface area contributed by atoms with E-state index in [-0.39, 0.29) is 11.5 Å². The summed E-state index contributed by atoms with van der Waals surface area (Å²) < 4.78 is 2.75. The summed E-state index contributed by atoms with van der Waals surface area (Å²) in [5.74, 6) is 1.36. The molecule has 1 aromatic carbocycles. The number of aromatic nitrogens is 4. The summed E-state index contributed by atoms with van der Waals surface area (Å²) in [6.45, 7) is 0. The molecule has 6 rings (SSSR count). The molecular weight excluding hydrogens is 484 g/mol. The third-order valence-electron chi connectivity index (χ3n) is 7.64. The largest absolute Gasteiger partial charge is 0.390 e. The lowest BCUT2D eigenvalue weighted by atomic mass is 9.58. The maximum atomic E-state index is 11.0. The van der Waals surface area contributed by atoms with Crippen molar-refractivity contribution in [1.29, 1.82) is 0 Å². The number of aliphatic hydroxyl groups is 2. The van der Waals surface area contributed by atoms with Gasteiger partial charge < -0.3 is 26.2 Å². The van der Waals surface area contributed by atoms with Crippen LogP contribution in [0.1, 0.15) is 30.9 Å². The number of nitrogens with zero attached hydrogens (tertiary/aromatic N) is 4. The van der Waals surface area contributed by atoms with Gasteiger partial charge in [0.2, 0.25) is 0 Å². The summed E-state index contributed by atoms with van der Waals surface area (Å²) in [7, 11) is 0. The lowest BCUT2D eigenvalue weighted by molar-refractivity contribution is -0.0841. The highest BCUT2D eigenvalue weighted by Crippen LogP contribution is 2.60. The van der Waals surface area contributed by atoms with E-state index in [2.05, 4.69) is 49.1 Å². The average molecular weight is 509 g/mol. The van der Waals surface area contributed by atoms with Crippen molar-refractivity contribution >= 4 is 49.5 Å². The molecule has 6 N–H and O–H groups in total. The van der Waals surface area contributed by atoms with Crippen LogP contribution in [0.2, 0.25) is 0 Å². The SMILES string of the molecule is Nc1nc2cc(CC3CC4(C3)C[C@@H](n3ccc5c(N)ncnc53)[C@H](O)[C@@H]4O)ccc2cc1Br. The van der Waals surface area contributed by atoms with Crippen molar-refractivity contribution in [3.63, 3.8) is 0 Å². The van der Waals surface area contributed by atoms with E-state index in [9.17, 15) is 10.2 Å². The predicted molar refractivity (Wildman–Crippen MR) is 130 cm³/mol. The first kappa shape index (κ1) is 20.8. The molecule has 3 atom stereocenters. The molecule has 0 aliphatic heterocycles. The van der Waals surface area contributed by atoms with Crippen LogP contribution >= 0.6 is 15.9 Å². The zero-order chi connectivity index (χ0) is 22.9. The van der Waals surface area contributed by atoms with Crippen LogP contribution in [0.5, 0.6) is 0 Å². The normalized spacial score (nSPS) is 29.2. The molecule has 2 aliphatic carbocycles. The zero-order valence-electron chi connectivity index (χ0n) is 17.9. The van der Waals surface area contributed by atoms with Gasteiger partial charge >= 0.3 is 0 Å². The van der Waals surface area contributed by atoms with Gasteiger partial charge in [-0.15, -0.1) is 0 Å². The van der Waals surface area contributed by atoms with E-state index in [1.165, 1.54) is 11.9 Å². The van der Waals surface area contributed by atoms with Crippen molar-refractivity contribution in [3.05, 3.63) is 52.9 Å². The molecule has 3 aromatic heterocycles. The maximum absolute atomic E-state index is 11.0. The molecule has 2 fully saturated rings. The molecule has 170 valence electrons. The van der Waals surface area contributed by atoms with Crippen molar-refractivity contribution in [2.24, 2.45) is 11.3 Å². The number of anilines is 2. The number of benzene rings is 1. The Balaban J connectivity index is 1.20. The van der Waals surface area contributed by atoms with Crippen LogP contribution in [-0.2, 0) is 6.42 Å². The van der Waals surface area contributed by atoms with Crippen molar-refractivity contribution in [1.82, 2.24) is 19.5 Å². The smallest absolute Gasteiger partial charge is 0.145 e. The van der Waals surface area contributed by atoms with Crippen molar-refractivity contribution in [2.45, 2.75) is 43.9 Å². The summed E-state index contributed by atoms with van der Waals surface area (Å²) >= 11 is 3.43. The fraction of sp³-hybridized carbons (Fsp3) is 0.375. The first-order valence-corrected chi connectivity index (χ1v) is 11.9. The summed E-state index contributed by atoms with van der Waals surface area (Å²) in [5, 5.41) is 23.7. The monoisotopic (exact) mass is 508 g/mol. The fourth-order valence-electron chi connectivity index (χ4n) is 6.06. The number of nitrogen functional groups attached to an aromatic ring is 2. The zero-order valence-corrected chi connectivity index (χ0v) is 19.5. The second kappa shape index (κ2) is 7.38. The minimum absolute atomic E-state index is 0.237. The Labute approximate surface area is 198 Å². The molecule has 0 unspecified atom stereocenters. The lowest BCUT2D eigenvalue weighted by Crippen LogP contribution is -2.46. The highest BCUT2D eigenvalue weighted by atomic mass is 79.9. The van der Waals surface area contributed by atoms with Gasteiger partial charge in [0.25, 0.3) is 0 Å². The van der Waals surface area contributed by atoms with Crippen molar-refractivity contribution < 1.29 is 10.2 Å². The average Bonchev–Trinajstić information content (AvgIpc) is 3.30. The second-order valence-corrected chi connectivity index (χ2v) is 10.5. The molecule has 2 saturated carbocycles. The quantitative estimate of drug-likeness (QED) is 0.333. The van der Waals surface area contributed by atoms with Gasteiger partial charge in [0.1, 0.15) is 29.7 Å². The van der Waals surface area contributed by atoms with Gasteiger partial charge in [-0.1, -0.05) is 12.1 Å². The molecule has 0 radical (unpaired) electrons. The topological polar surface area (TPSA) is 136 Å². The second-order valence-electron chi connectivity index (χ2n) is 9.65. The predicted octanol–water partition coefficient (Wildman–Crippen LogP) is 3.21. The first-order chi connectivity index (χ1) is 15.8. The van der Waals surface area contributed by atoms with Crippen molar-refractivity contribution in [2.75, 3.05) is 11.5 Å². The van der Waals surface area contributed by atoms with Crippen LogP contribution in [-0.4, -0.2) is 41.9 Å². The summed E-state index contributed by atoms with van der Waals surface area (Å²) in [4.78, 5) is 12.9. The molecule has 0 saturated heterocycles. The molecule has 2 aliphatic rings. The minimum Gasteiger partial charge on any atom is -0.390 e. The van der Waals surface area contributed by atoms with Gasteiger partial charge in [-0.3, -0.25) is 0 Å². The van der Waals surface area contributed by atoms with Crippen LogP contribution in [0, 0.1) is 11.3 Å². The standard InChI is InChI=1S/C24H25BrN6O2/c25-16-7-14-2-1-12(6-17(14)30-22(16)27)5-13-8-24(9-13)10-18(19(32)20(24)33)31-4-3-15-21(26)28-11-29-23(15)31/h1-4,6-7,11,13,18-20,32-33H,5,8-10H2,(H2,27,30)(H2,26,28,29)/t13?,18-,19+,20+,24?/m1/s1. The lowest BCUT2D eigenvalue weighted by Gasteiger charge is -2.48. The van der Waals surface area contributed by atoms with Gasteiger partial charge in [0.15, 0.2) is 0 Å². The number of hydrogen-bond acceptors (Lipinski definition) is 7. The fourth-order valence-corrected chi connectivity index (χ4v) is 6.39. The van der Waals surface area contributed by atoms with E-state index < -0.39 is 12.2 Å². The Bertz CT molecular complexity index is 1380. The third kappa shape index (κ3) is 3.21. The number of rotatable bonds is 3. The Morgan fingerprint density at radius 3 is 2.70 bits per heavy atom. The molecule has 8 nitrogen and oxygen atoms in total. The molecule has 4 aromatic rings. The van der Waals surface area contributed by atoms with Crippen LogP contribution in [0.15, 0.2) is 47.3 Å². The molecule has 0 amide bonds. The summed E-state index contributed by atoms with van der Waals surface area (Å²) in [6, 6.07) is 9.93. The van der Waals surface area contributed by atoms with E-state index in [4.69, 9.17) is 11.5 Å². The molecule has 9 heteroatoms. The summed E-state index contributed by atoms with van der Waals surface area (Å²) in [5.41, 5.74) is 14.5. The highest BCUT2D eigenvalue weighted by Gasteiger charge is 2.59. The van der Waals surface area contributed by atoms with Gasteiger partial charge in [-0.05, 0) is 71.3 Å². The van der Waals surface area contributed by atoms with Gasteiger partial charge in [0.05, 0.1) is 27.5 Å². The number of pyridine rings is 1. The Hall–Kier alpha value is -2.75. The number of nitrogens with two attached hydrogens (primary N) is 2. The molecular formula is C24H25BrN6O2. The Morgan fingerprint density at radius 1 is 1.06 bits per heavy atom. The van der Waals surface area contributed by atoms with Gasteiger partial charge in [-0.25, -0.2) is 15.0 Å². The van der Waals surface area contributed by atoms with Gasteiger partial charge in [-0.2, -0.15) is 0 Å². The van der Waals surface area contributed by atoms with E-state index in [1.807, 2.05) is 22.9 Å². The third-order valence-corrected chi connectivity index (χ3v) is 8.27. The number of halogens is 1. The molecule has 0 bridgehead atoms. The summed E-state index contributed by atoms with van der Waals surface area (Å²) in [6.07, 6.45) is 5.11. The highest BCUT2D eigenvalue weighted by molar-refractivity contribution is 9.10. The van der Waals surface area contributed by atoms with Crippen LogP contribution in [0.4, 0.5) is 11.6 Å². The van der Waals surface area contributed by atoms with E-state index in [1.54, 1.807) is 0 Å². The molecule has 33 heavy (non-hydrogen) atoms. The Morgan fingerprint density at radius 2 is 1.88 bits per heavy atom. The van der Waals surface area contributed by atoms with Crippen LogP contribution < -0.4 is 11.5 Å².